The summed E-state index contributed by atoms with van der Waals surface area (Å²) in [5.74, 6) is 0.374. The summed E-state index contributed by atoms with van der Waals surface area (Å²) in [6.45, 7) is 7.01. The molecule has 1 aliphatic carbocycles. The molecule has 1 aromatic heterocycles. The Morgan fingerprint density at radius 2 is 1.27 bits per heavy atom. The van der Waals surface area contributed by atoms with Crippen molar-refractivity contribution in [1.82, 2.24) is 0 Å². The van der Waals surface area contributed by atoms with Crippen LogP contribution in [0, 0.1) is 0 Å². The van der Waals surface area contributed by atoms with Gasteiger partial charge in [-0.05, 0) is 69.1 Å². The lowest BCUT2D eigenvalue weighted by molar-refractivity contribution is 0.657. The second-order valence-electron chi connectivity index (χ2n) is 10.9. The molecule has 0 aliphatic heterocycles. The Morgan fingerprint density at radius 3 is 2.11 bits per heavy atom. The van der Waals surface area contributed by atoms with E-state index in [9.17, 15) is 0 Å². The quantitative estimate of drug-likeness (QED) is 0.246. The van der Waals surface area contributed by atoms with Crippen molar-refractivity contribution in [3.05, 3.63) is 131 Å². The van der Waals surface area contributed by atoms with Crippen LogP contribution in [-0.4, -0.2) is 0 Å². The van der Waals surface area contributed by atoms with Gasteiger partial charge in [0.1, 0.15) is 11.2 Å². The van der Waals surface area contributed by atoms with Crippen LogP contribution in [0.2, 0.25) is 0 Å². The van der Waals surface area contributed by atoms with Gasteiger partial charge in [0.05, 0.1) is 0 Å². The second kappa shape index (κ2) is 8.21. The molecule has 0 bridgehead atoms. The number of hydrogen-bond donors (Lipinski definition) is 0. The third kappa shape index (κ3) is 3.38. The smallest absolute Gasteiger partial charge is 0.135 e. The molecule has 0 amide bonds. The average Bonchev–Trinajstić information content (AvgIpc) is 3.42. The van der Waals surface area contributed by atoms with Gasteiger partial charge < -0.3 is 4.42 Å². The number of para-hydroxylation sites is 1. The van der Waals surface area contributed by atoms with E-state index in [1.54, 1.807) is 0 Å². The third-order valence-electron chi connectivity index (χ3n) is 8.44. The monoisotopic (exact) mass is 478 g/mol. The fraction of sp³-hybridized carbons (Fsp3) is 0.167. The molecule has 1 heteroatoms. The Hall–Kier alpha value is -4.10. The van der Waals surface area contributed by atoms with E-state index in [2.05, 4.69) is 118 Å². The average molecular weight is 479 g/mol. The molecule has 6 aromatic rings. The van der Waals surface area contributed by atoms with E-state index in [-0.39, 0.29) is 5.41 Å². The summed E-state index contributed by atoms with van der Waals surface area (Å²) < 4.78 is 6.02. The standard InChI is InChI=1S/C36H30O/c1-4-27(26-17-19-29-28-9-5-7-11-32(28)36(2,3)33(29)22-26)24-15-13-23(14-16-24)25-18-20-35-31(21-25)30-10-6-8-12-34(30)37-35/h5-22,27H,4H2,1-3H3. The third-order valence-corrected chi connectivity index (χ3v) is 8.44. The summed E-state index contributed by atoms with van der Waals surface area (Å²) >= 11 is 0. The molecule has 0 saturated heterocycles. The fourth-order valence-corrected chi connectivity index (χ4v) is 6.42. The first-order chi connectivity index (χ1) is 18.0. The summed E-state index contributed by atoms with van der Waals surface area (Å²) in [5, 5.41) is 2.34. The van der Waals surface area contributed by atoms with Crippen molar-refractivity contribution in [2.75, 3.05) is 0 Å². The van der Waals surface area contributed by atoms with Crippen molar-refractivity contribution in [2.45, 2.75) is 38.5 Å². The first-order valence-corrected chi connectivity index (χ1v) is 13.3. The zero-order valence-corrected chi connectivity index (χ0v) is 21.6. The van der Waals surface area contributed by atoms with Crippen LogP contribution in [0.1, 0.15) is 55.4 Å². The molecular formula is C36H30O. The largest absolute Gasteiger partial charge is 0.456 e. The SMILES string of the molecule is CCC(c1ccc(-c2ccc3oc4ccccc4c3c2)cc1)c1ccc2c(c1)C(C)(C)c1ccccc1-2. The Kier molecular flexibility index (Phi) is 4.91. The molecule has 0 spiro atoms. The van der Waals surface area contributed by atoms with Gasteiger partial charge in [-0.15, -0.1) is 0 Å². The predicted octanol–water partition coefficient (Wildman–Crippen LogP) is 10.1. The van der Waals surface area contributed by atoms with Gasteiger partial charge in [0, 0.05) is 22.1 Å². The van der Waals surface area contributed by atoms with E-state index in [1.807, 2.05) is 12.1 Å². The molecule has 7 rings (SSSR count). The van der Waals surface area contributed by atoms with E-state index >= 15 is 0 Å². The van der Waals surface area contributed by atoms with Gasteiger partial charge in [0.15, 0.2) is 0 Å². The maximum atomic E-state index is 6.02. The molecule has 1 heterocycles. The minimum absolute atomic E-state index is 0.0278. The van der Waals surface area contributed by atoms with Gasteiger partial charge in [-0.1, -0.05) is 112 Å². The number of fused-ring (bicyclic) bond motifs is 6. The first-order valence-electron chi connectivity index (χ1n) is 13.3. The Labute approximate surface area is 218 Å². The lowest BCUT2D eigenvalue weighted by Crippen LogP contribution is -2.15. The molecule has 0 fully saturated rings. The highest BCUT2D eigenvalue weighted by Crippen LogP contribution is 2.49. The minimum Gasteiger partial charge on any atom is -0.456 e. The first kappa shape index (κ1) is 22.1. The van der Waals surface area contributed by atoms with Crippen molar-refractivity contribution in [2.24, 2.45) is 0 Å². The van der Waals surface area contributed by atoms with Crippen LogP contribution in [-0.2, 0) is 5.41 Å². The topological polar surface area (TPSA) is 13.1 Å². The molecule has 1 aliphatic rings. The van der Waals surface area contributed by atoms with E-state index in [1.165, 1.54) is 55.3 Å². The second-order valence-corrected chi connectivity index (χ2v) is 10.9. The van der Waals surface area contributed by atoms with Crippen molar-refractivity contribution < 1.29 is 4.42 Å². The highest BCUT2D eigenvalue weighted by atomic mass is 16.3. The van der Waals surface area contributed by atoms with Gasteiger partial charge in [0.25, 0.3) is 0 Å². The molecule has 1 unspecified atom stereocenters. The van der Waals surface area contributed by atoms with Crippen LogP contribution in [0.4, 0.5) is 0 Å². The molecule has 180 valence electrons. The maximum Gasteiger partial charge on any atom is 0.135 e. The fourth-order valence-electron chi connectivity index (χ4n) is 6.42. The van der Waals surface area contributed by atoms with Crippen molar-refractivity contribution in [3.63, 3.8) is 0 Å². The predicted molar refractivity (Wildman–Crippen MR) is 155 cm³/mol. The van der Waals surface area contributed by atoms with Crippen LogP contribution < -0.4 is 0 Å². The lowest BCUT2D eigenvalue weighted by atomic mass is 9.80. The minimum atomic E-state index is 0.0278. The van der Waals surface area contributed by atoms with Crippen LogP contribution in [0.15, 0.2) is 114 Å². The van der Waals surface area contributed by atoms with E-state index in [0.717, 1.165) is 17.6 Å². The summed E-state index contributed by atoms with van der Waals surface area (Å²) in [6.07, 6.45) is 1.07. The van der Waals surface area contributed by atoms with Crippen LogP contribution in [0.3, 0.4) is 0 Å². The van der Waals surface area contributed by atoms with Gasteiger partial charge in [-0.2, -0.15) is 0 Å². The zero-order valence-electron chi connectivity index (χ0n) is 21.6. The molecule has 5 aromatic carbocycles. The van der Waals surface area contributed by atoms with Gasteiger partial charge in [-0.25, -0.2) is 0 Å². The number of hydrogen-bond acceptors (Lipinski definition) is 1. The van der Waals surface area contributed by atoms with Crippen LogP contribution in [0.5, 0.6) is 0 Å². The highest BCUT2D eigenvalue weighted by Gasteiger charge is 2.35. The molecule has 1 nitrogen and oxygen atoms in total. The highest BCUT2D eigenvalue weighted by molar-refractivity contribution is 6.06. The maximum absolute atomic E-state index is 6.02. The Balaban J connectivity index is 1.23. The summed E-state index contributed by atoms with van der Waals surface area (Å²) in [5.41, 5.74) is 12.8. The molecule has 0 radical (unpaired) electrons. The number of furan rings is 1. The summed E-state index contributed by atoms with van der Waals surface area (Å²) in [6, 6.07) is 40.0. The molecule has 0 N–H and O–H groups in total. The molecule has 0 saturated carbocycles. The molecule has 1 atom stereocenters. The van der Waals surface area contributed by atoms with Crippen LogP contribution >= 0.6 is 0 Å². The summed E-state index contributed by atoms with van der Waals surface area (Å²) in [7, 11) is 0. The summed E-state index contributed by atoms with van der Waals surface area (Å²) in [4.78, 5) is 0. The van der Waals surface area contributed by atoms with E-state index < -0.39 is 0 Å². The normalized spacial score (nSPS) is 14.6. The van der Waals surface area contributed by atoms with Crippen molar-refractivity contribution >= 4 is 21.9 Å². The van der Waals surface area contributed by atoms with Crippen molar-refractivity contribution in [1.29, 1.82) is 0 Å². The molecule has 37 heavy (non-hydrogen) atoms. The van der Waals surface area contributed by atoms with Crippen LogP contribution in [0.25, 0.3) is 44.2 Å². The van der Waals surface area contributed by atoms with E-state index in [4.69, 9.17) is 4.42 Å². The zero-order chi connectivity index (χ0) is 25.1. The van der Waals surface area contributed by atoms with Gasteiger partial charge >= 0.3 is 0 Å². The van der Waals surface area contributed by atoms with E-state index in [0.29, 0.717) is 5.92 Å². The molecular weight excluding hydrogens is 448 g/mol. The van der Waals surface area contributed by atoms with Gasteiger partial charge in [0.2, 0.25) is 0 Å². The van der Waals surface area contributed by atoms with Gasteiger partial charge in [-0.3, -0.25) is 0 Å². The number of rotatable bonds is 4. The Bertz CT molecular complexity index is 1780. The lowest BCUT2D eigenvalue weighted by Gasteiger charge is -2.24. The van der Waals surface area contributed by atoms with Crippen molar-refractivity contribution in [3.8, 4) is 22.3 Å². The number of benzene rings is 5. The Morgan fingerprint density at radius 1 is 0.595 bits per heavy atom.